The van der Waals surface area contributed by atoms with Crippen LogP contribution in [-0.2, 0) is 22.6 Å². The molecule has 0 radical (unpaired) electrons. The number of amides is 1. The number of nitrogens with zero attached hydrogens (tertiary/aromatic N) is 1. The molecule has 0 aromatic heterocycles. The molecule has 2 rings (SSSR count). The Hall–Kier alpha value is -1.43. The normalized spacial score (nSPS) is 20.6. The lowest BCUT2D eigenvalue weighted by molar-refractivity contribution is -0.124. The Bertz CT molecular complexity index is 554. The van der Waals surface area contributed by atoms with Crippen LogP contribution in [0.25, 0.3) is 0 Å². The molecule has 2 atom stereocenters. The number of morpholine rings is 1. The van der Waals surface area contributed by atoms with Crippen molar-refractivity contribution in [1.82, 2.24) is 10.2 Å². The monoisotopic (exact) mass is 333 g/mol. The number of nitrogens with two attached hydrogens (primary N) is 1. The SMILES string of the molecule is CC1CN(Cc2cccc(CNC(=O)[C@@H](N)C(C)(C)C)c2)CCO1. The van der Waals surface area contributed by atoms with Gasteiger partial charge < -0.3 is 15.8 Å². The maximum atomic E-state index is 12.1. The van der Waals surface area contributed by atoms with Crippen molar-refractivity contribution in [3.8, 4) is 0 Å². The summed E-state index contributed by atoms with van der Waals surface area (Å²) in [6.07, 6.45) is 0.292. The van der Waals surface area contributed by atoms with E-state index in [0.29, 0.717) is 12.6 Å². The minimum absolute atomic E-state index is 0.102. The minimum Gasteiger partial charge on any atom is -0.376 e. The number of carbonyl (C=O) groups excluding carboxylic acids is 1. The van der Waals surface area contributed by atoms with Gasteiger partial charge in [0, 0.05) is 26.2 Å². The van der Waals surface area contributed by atoms with Gasteiger partial charge in [0.25, 0.3) is 0 Å². The lowest BCUT2D eigenvalue weighted by Gasteiger charge is -2.31. The van der Waals surface area contributed by atoms with E-state index in [-0.39, 0.29) is 11.3 Å². The summed E-state index contributed by atoms with van der Waals surface area (Å²) >= 11 is 0. The van der Waals surface area contributed by atoms with Crippen LogP contribution in [0.3, 0.4) is 0 Å². The summed E-state index contributed by atoms with van der Waals surface area (Å²) in [5.74, 6) is -0.102. The van der Waals surface area contributed by atoms with E-state index in [2.05, 4.69) is 29.3 Å². The molecule has 5 nitrogen and oxygen atoms in total. The third kappa shape index (κ3) is 5.58. The van der Waals surface area contributed by atoms with Gasteiger partial charge in [0.05, 0.1) is 18.8 Å². The van der Waals surface area contributed by atoms with Crippen LogP contribution in [0.5, 0.6) is 0 Å². The van der Waals surface area contributed by atoms with E-state index < -0.39 is 6.04 Å². The minimum atomic E-state index is -0.504. The van der Waals surface area contributed by atoms with Gasteiger partial charge in [-0.15, -0.1) is 0 Å². The molecular formula is C19H31N3O2. The second kappa shape index (κ2) is 8.10. The number of rotatable bonds is 5. The molecule has 1 fully saturated rings. The number of hydrogen-bond donors (Lipinski definition) is 2. The summed E-state index contributed by atoms with van der Waals surface area (Å²) in [4.78, 5) is 14.5. The summed E-state index contributed by atoms with van der Waals surface area (Å²) in [7, 11) is 0. The fourth-order valence-electron chi connectivity index (χ4n) is 2.82. The molecule has 5 heteroatoms. The zero-order valence-corrected chi connectivity index (χ0v) is 15.3. The van der Waals surface area contributed by atoms with E-state index in [4.69, 9.17) is 10.5 Å². The van der Waals surface area contributed by atoms with Gasteiger partial charge in [-0.3, -0.25) is 9.69 Å². The van der Waals surface area contributed by atoms with Crippen LogP contribution in [0.15, 0.2) is 24.3 Å². The van der Waals surface area contributed by atoms with Gasteiger partial charge in [-0.1, -0.05) is 45.0 Å². The summed E-state index contributed by atoms with van der Waals surface area (Å²) in [6, 6.07) is 7.86. The molecule has 1 amide bonds. The Balaban J connectivity index is 1.89. The Morgan fingerprint density at radius 2 is 2.12 bits per heavy atom. The molecule has 1 aromatic carbocycles. The number of benzene rings is 1. The second-order valence-electron chi connectivity index (χ2n) is 7.80. The van der Waals surface area contributed by atoms with Crippen LogP contribution in [0.1, 0.15) is 38.8 Å². The first-order valence-electron chi connectivity index (χ1n) is 8.71. The standard InChI is InChI=1S/C19H31N3O2/c1-14-12-22(8-9-24-14)13-16-7-5-6-15(10-16)11-21-18(23)17(20)19(2,3)4/h5-7,10,14,17H,8-9,11-13,20H2,1-4H3,(H,21,23)/t14?,17-/m1/s1. The molecule has 1 aromatic rings. The molecule has 1 aliphatic heterocycles. The highest BCUT2D eigenvalue weighted by Crippen LogP contribution is 2.17. The van der Waals surface area contributed by atoms with Crippen LogP contribution in [0.4, 0.5) is 0 Å². The molecular weight excluding hydrogens is 302 g/mol. The van der Waals surface area contributed by atoms with Crippen molar-refractivity contribution in [2.75, 3.05) is 19.7 Å². The van der Waals surface area contributed by atoms with Gasteiger partial charge in [0.15, 0.2) is 0 Å². The van der Waals surface area contributed by atoms with Gasteiger partial charge in [-0.25, -0.2) is 0 Å². The molecule has 24 heavy (non-hydrogen) atoms. The summed E-state index contributed by atoms with van der Waals surface area (Å²) in [5, 5.41) is 2.95. The predicted octanol–water partition coefficient (Wildman–Crippen LogP) is 1.90. The van der Waals surface area contributed by atoms with Crippen molar-refractivity contribution in [3.05, 3.63) is 35.4 Å². The van der Waals surface area contributed by atoms with Gasteiger partial charge in [-0.2, -0.15) is 0 Å². The van der Waals surface area contributed by atoms with E-state index in [1.807, 2.05) is 32.9 Å². The topological polar surface area (TPSA) is 67.6 Å². The second-order valence-corrected chi connectivity index (χ2v) is 7.80. The zero-order valence-electron chi connectivity index (χ0n) is 15.3. The van der Waals surface area contributed by atoms with Crippen molar-refractivity contribution >= 4 is 5.91 Å². The van der Waals surface area contributed by atoms with E-state index in [1.54, 1.807) is 0 Å². The third-order valence-electron chi connectivity index (χ3n) is 4.40. The number of ether oxygens (including phenoxy) is 1. The summed E-state index contributed by atoms with van der Waals surface area (Å²) in [5.41, 5.74) is 8.12. The molecule has 1 saturated heterocycles. The molecule has 0 spiro atoms. The number of nitrogens with one attached hydrogen (secondary N) is 1. The average molecular weight is 333 g/mol. The molecule has 0 aliphatic carbocycles. The van der Waals surface area contributed by atoms with Crippen molar-refractivity contribution in [1.29, 1.82) is 0 Å². The van der Waals surface area contributed by atoms with Crippen LogP contribution in [0.2, 0.25) is 0 Å². The average Bonchev–Trinajstić information content (AvgIpc) is 2.51. The quantitative estimate of drug-likeness (QED) is 0.863. The molecule has 134 valence electrons. The highest BCUT2D eigenvalue weighted by Gasteiger charge is 2.27. The number of hydrogen-bond acceptors (Lipinski definition) is 4. The fraction of sp³-hybridized carbons (Fsp3) is 0.632. The van der Waals surface area contributed by atoms with Gasteiger partial charge in [0.1, 0.15) is 0 Å². The summed E-state index contributed by atoms with van der Waals surface area (Å²) in [6.45, 7) is 12.2. The number of carbonyl (C=O) groups is 1. The smallest absolute Gasteiger partial charge is 0.237 e. The molecule has 3 N–H and O–H groups in total. The van der Waals surface area contributed by atoms with E-state index in [9.17, 15) is 4.79 Å². The molecule has 1 unspecified atom stereocenters. The van der Waals surface area contributed by atoms with Crippen LogP contribution >= 0.6 is 0 Å². The van der Waals surface area contributed by atoms with Crippen molar-refractivity contribution in [2.24, 2.45) is 11.1 Å². The van der Waals surface area contributed by atoms with Crippen LogP contribution in [0, 0.1) is 5.41 Å². The maximum absolute atomic E-state index is 12.1. The Kier molecular flexibility index (Phi) is 6.38. The lowest BCUT2D eigenvalue weighted by Crippen LogP contribution is -2.48. The molecule has 0 saturated carbocycles. The van der Waals surface area contributed by atoms with Crippen molar-refractivity contribution < 1.29 is 9.53 Å². The molecule has 1 heterocycles. The van der Waals surface area contributed by atoms with Gasteiger partial charge in [0.2, 0.25) is 5.91 Å². The van der Waals surface area contributed by atoms with E-state index >= 15 is 0 Å². The van der Waals surface area contributed by atoms with Crippen LogP contribution in [-0.4, -0.2) is 42.6 Å². The highest BCUT2D eigenvalue weighted by atomic mass is 16.5. The zero-order chi connectivity index (χ0) is 17.7. The Morgan fingerprint density at radius 1 is 1.42 bits per heavy atom. The van der Waals surface area contributed by atoms with Crippen molar-refractivity contribution in [2.45, 2.75) is 52.9 Å². The first kappa shape index (κ1) is 18.9. The van der Waals surface area contributed by atoms with Gasteiger partial charge >= 0.3 is 0 Å². The highest BCUT2D eigenvalue weighted by molar-refractivity contribution is 5.82. The largest absolute Gasteiger partial charge is 0.376 e. The maximum Gasteiger partial charge on any atom is 0.237 e. The van der Waals surface area contributed by atoms with E-state index in [1.165, 1.54) is 5.56 Å². The molecule has 1 aliphatic rings. The Morgan fingerprint density at radius 3 is 2.79 bits per heavy atom. The Labute approximate surface area is 145 Å². The first-order chi connectivity index (χ1) is 11.3. The third-order valence-corrected chi connectivity index (χ3v) is 4.40. The fourth-order valence-corrected chi connectivity index (χ4v) is 2.82. The first-order valence-corrected chi connectivity index (χ1v) is 8.71. The predicted molar refractivity (Wildman–Crippen MR) is 96.4 cm³/mol. The van der Waals surface area contributed by atoms with Gasteiger partial charge in [-0.05, 0) is 23.5 Å². The van der Waals surface area contributed by atoms with Crippen molar-refractivity contribution in [3.63, 3.8) is 0 Å². The van der Waals surface area contributed by atoms with Crippen LogP contribution < -0.4 is 11.1 Å². The lowest BCUT2D eigenvalue weighted by atomic mass is 9.87. The molecule has 0 bridgehead atoms. The summed E-state index contributed by atoms with van der Waals surface area (Å²) < 4.78 is 5.58. The van der Waals surface area contributed by atoms with E-state index in [0.717, 1.165) is 31.8 Å².